The molecule has 3 aliphatic rings. The number of nitrogens with one attached hydrogen (secondary N) is 1. The van der Waals surface area contributed by atoms with E-state index in [0.29, 0.717) is 36.2 Å². The van der Waals surface area contributed by atoms with Crippen LogP contribution in [0.3, 0.4) is 0 Å². The number of fused-ring (bicyclic) bond motifs is 1. The van der Waals surface area contributed by atoms with Gasteiger partial charge < -0.3 is 10.2 Å². The lowest BCUT2D eigenvalue weighted by Gasteiger charge is -2.34. The number of nitrogens with zero attached hydrogens (tertiary/aromatic N) is 3. The van der Waals surface area contributed by atoms with Crippen molar-refractivity contribution in [2.24, 2.45) is 17.8 Å². The second kappa shape index (κ2) is 9.52. The molecule has 4 unspecified atom stereocenters. The molecule has 2 aromatic rings. The average molecular weight is 447 g/mol. The summed E-state index contributed by atoms with van der Waals surface area (Å²) >= 11 is 0. The molecular formula is C27H31FN4O. The second-order valence-electron chi connectivity index (χ2n) is 9.86. The molecule has 6 heteroatoms. The lowest BCUT2D eigenvalue weighted by Crippen LogP contribution is -2.47. The zero-order chi connectivity index (χ0) is 22.8. The molecule has 2 aliphatic heterocycles. The van der Waals surface area contributed by atoms with Crippen LogP contribution in [0.4, 0.5) is 10.1 Å². The number of carbonyl (C=O) groups is 1. The highest BCUT2D eigenvalue weighted by Gasteiger charge is 2.41. The van der Waals surface area contributed by atoms with Gasteiger partial charge in [0.25, 0.3) is 0 Å². The summed E-state index contributed by atoms with van der Waals surface area (Å²) in [5, 5.41) is 12.4. The summed E-state index contributed by atoms with van der Waals surface area (Å²) in [6.07, 6.45) is 4.19. The number of nitriles is 1. The molecule has 2 saturated heterocycles. The summed E-state index contributed by atoms with van der Waals surface area (Å²) in [6, 6.07) is 17.4. The largest absolute Gasteiger partial charge is 0.368 e. The van der Waals surface area contributed by atoms with E-state index >= 15 is 0 Å². The molecule has 5 nitrogen and oxygen atoms in total. The van der Waals surface area contributed by atoms with Gasteiger partial charge in [0.1, 0.15) is 5.82 Å². The maximum Gasteiger partial charge on any atom is 0.225 e. The van der Waals surface area contributed by atoms with Gasteiger partial charge in [-0.05, 0) is 54.9 Å². The summed E-state index contributed by atoms with van der Waals surface area (Å²) in [7, 11) is 0. The van der Waals surface area contributed by atoms with Crippen LogP contribution in [0.15, 0.2) is 48.5 Å². The molecule has 0 bridgehead atoms. The number of amides is 1. The number of carbonyl (C=O) groups excluding carboxylic acids is 1. The second-order valence-corrected chi connectivity index (χ2v) is 9.86. The van der Waals surface area contributed by atoms with Crippen LogP contribution < -0.4 is 10.2 Å². The zero-order valence-electron chi connectivity index (χ0n) is 18.9. The van der Waals surface area contributed by atoms with E-state index in [1.165, 1.54) is 24.5 Å². The van der Waals surface area contributed by atoms with E-state index in [4.69, 9.17) is 5.26 Å². The van der Waals surface area contributed by atoms with Gasteiger partial charge in [-0.2, -0.15) is 5.26 Å². The van der Waals surface area contributed by atoms with Crippen LogP contribution in [-0.4, -0.2) is 43.0 Å². The highest BCUT2D eigenvalue weighted by Crippen LogP contribution is 2.37. The Hall–Kier alpha value is -2.91. The van der Waals surface area contributed by atoms with Crippen molar-refractivity contribution in [2.75, 3.05) is 31.1 Å². The Morgan fingerprint density at radius 1 is 1.09 bits per heavy atom. The van der Waals surface area contributed by atoms with Crippen LogP contribution >= 0.6 is 0 Å². The fourth-order valence-corrected chi connectivity index (χ4v) is 6.04. The van der Waals surface area contributed by atoms with Gasteiger partial charge in [-0.3, -0.25) is 9.69 Å². The van der Waals surface area contributed by atoms with Crippen molar-refractivity contribution >= 4 is 11.6 Å². The predicted octanol–water partition coefficient (Wildman–Crippen LogP) is 3.94. The van der Waals surface area contributed by atoms with Crippen LogP contribution in [-0.2, 0) is 11.3 Å². The third kappa shape index (κ3) is 4.74. The first-order valence-corrected chi connectivity index (χ1v) is 12.1. The van der Waals surface area contributed by atoms with Crippen LogP contribution in [0, 0.1) is 34.9 Å². The number of likely N-dealkylation sites (tertiary alicyclic amines) is 1. The quantitative estimate of drug-likeness (QED) is 0.756. The maximum absolute atomic E-state index is 14.4. The number of anilines is 1. The van der Waals surface area contributed by atoms with Gasteiger partial charge in [-0.15, -0.1) is 0 Å². The van der Waals surface area contributed by atoms with Crippen LogP contribution in [0.1, 0.15) is 36.8 Å². The number of hydrogen-bond donors (Lipinski definition) is 1. The third-order valence-corrected chi connectivity index (χ3v) is 7.73. The normalized spacial score (nSPS) is 27.2. The molecule has 0 spiro atoms. The molecule has 2 heterocycles. The molecule has 5 rings (SSSR count). The number of rotatable bonds is 5. The van der Waals surface area contributed by atoms with E-state index in [1.54, 1.807) is 12.1 Å². The highest BCUT2D eigenvalue weighted by molar-refractivity contribution is 5.80. The van der Waals surface area contributed by atoms with Crippen LogP contribution in [0.2, 0.25) is 0 Å². The number of hydrogen-bond acceptors (Lipinski definition) is 4. The van der Waals surface area contributed by atoms with Crippen molar-refractivity contribution < 1.29 is 9.18 Å². The molecule has 0 aromatic heterocycles. The van der Waals surface area contributed by atoms with Crippen molar-refractivity contribution in [1.29, 1.82) is 5.26 Å². The Kier molecular flexibility index (Phi) is 6.32. The Bertz CT molecular complexity index is 1040. The van der Waals surface area contributed by atoms with Gasteiger partial charge in [-0.25, -0.2) is 4.39 Å². The predicted molar refractivity (Wildman–Crippen MR) is 126 cm³/mol. The Balaban J connectivity index is 1.18. The summed E-state index contributed by atoms with van der Waals surface area (Å²) in [4.78, 5) is 17.6. The van der Waals surface area contributed by atoms with Gasteiger partial charge >= 0.3 is 0 Å². The van der Waals surface area contributed by atoms with Gasteiger partial charge in [0.05, 0.1) is 23.2 Å². The van der Waals surface area contributed by atoms with E-state index in [1.807, 2.05) is 11.0 Å². The average Bonchev–Trinajstić information content (AvgIpc) is 3.47. The van der Waals surface area contributed by atoms with Crippen molar-refractivity contribution in [3.63, 3.8) is 0 Å². The van der Waals surface area contributed by atoms with E-state index in [9.17, 15) is 9.18 Å². The standard InChI is InChI=1S/C27H31FN4O/c28-24-13-20(14-29)9-10-26(24)32-12-11-22(17-32)27(33)30-25-8-4-7-21-16-31(18-23(21)25)15-19-5-2-1-3-6-19/h1-3,5-6,9-10,13,21-23,25H,4,7-8,11-12,15-18H2,(H,30,33). The molecule has 1 saturated carbocycles. The SMILES string of the molecule is N#Cc1ccc(N2CCC(C(=O)NC3CCCC4CN(Cc5ccccc5)CC43)C2)c(F)c1. The van der Waals surface area contributed by atoms with Gasteiger partial charge in [0.15, 0.2) is 0 Å². The smallest absolute Gasteiger partial charge is 0.225 e. The van der Waals surface area contributed by atoms with E-state index in [0.717, 1.165) is 32.5 Å². The first kappa shape index (κ1) is 21.9. The van der Waals surface area contributed by atoms with Crippen molar-refractivity contribution in [2.45, 2.75) is 38.3 Å². The highest BCUT2D eigenvalue weighted by atomic mass is 19.1. The summed E-state index contributed by atoms with van der Waals surface area (Å²) in [5.41, 5.74) is 2.14. The van der Waals surface area contributed by atoms with Crippen molar-refractivity contribution in [3.8, 4) is 6.07 Å². The molecule has 172 valence electrons. The van der Waals surface area contributed by atoms with Gasteiger partial charge in [-0.1, -0.05) is 36.8 Å². The first-order valence-electron chi connectivity index (χ1n) is 12.1. The minimum Gasteiger partial charge on any atom is -0.368 e. The van der Waals surface area contributed by atoms with E-state index in [2.05, 4.69) is 40.5 Å². The fourth-order valence-electron chi connectivity index (χ4n) is 6.04. The molecule has 1 N–H and O–H groups in total. The molecule has 1 aliphatic carbocycles. The molecule has 0 radical (unpaired) electrons. The summed E-state index contributed by atoms with van der Waals surface area (Å²) < 4.78 is 14.4. The summed E-state index contributed by atoms with van der Waals surface area (Å²) in [6.45, 7) is 4.30. The Morgan fingerprint density at radius 2 is 1.94 bits per heavy atom. The molecule has 33 heavy (non-hydrogen) atoms. The molecule has 1 amide bonds. The van der Waals surface area contributed by atoms with E-state index in [-0.39, 0.29) is 17.9 Å². The molecule has 2 aromatic carbocycles. The van der Waals surface area contributed by atoms with Crippen molar-refractivity contribution in [1.82, 2.24) is 10.2 Å². The first-order chi connectivity index (χ1) is 16.1. The number of halogens is 1. The minimum absolute atomic E-state index is 0.110. The lowest BCUT2D eigenvalue weighted by molar-refractivity contribution is -0.125. The van der Waals surface area contributed by atoms with Gasteiger partial charge in [0.2, 0.25) is 5.91 Å². The lowest BCUT2D eigenvalue weighted by atomic mass is 9.78. The molecule has 4 atom stereocenters. The molecular weight excluding hydrogens is 415 g/mol. The monoisotopic (exact) mass is 446 g/mol. The minimum atomic E-state index is -0.394. The maximum atomic E-state index is 14.4. The number of benzene rings is 2. The van der Waals surface area contributed by atoms with E-state index < -0.39 is 5.82 Å². The third-order valence-electron chi connectivity index (χ3n) is 7.73. The topological polar surface area (TPSA) is 59.4 Å². The molecule has 3 fully saturated rings. The summed E-state index contributed by atoms with van der Waals surface area (Å²) in [5.74, 6) is 0.760. The van der Waals surface area contributed by atoms with Crippen LogP contribution in [0.25, 0.3) is 0 Å². The van der Waals surface area contributed by atoms with Crippen LogP contribution in [0.5, 0.6) is 0 Å². The Labute approximate surface area is 195 Å². The fraction of sp³-hybridized carbons (Fsp3) is 0.481. The van der Waals surface area contributed by atoms with Crippen molar-refractivity contribution in [3.05, 3.63) is 65.5 Å². The zero-order valence-corrected chi connectivity index (χ0v) is 18.9. The van der Waals surface area contributed by atoms with Gasteiger partial charge in [0, 0.05) is 38.8 Å². The Morgan fingerprint density at radius 3 is 2.73 bits per heavy atom.